The third-order valence-corrected chi connectivity index (χ3v) is 5.83. The van der Waals surface area contributed by atoms with Crippen molar-refractivity contribution in [3.05, 3.63) is 48.5 Å². The number of likely N-dealkylation sites (tertiary alicyclic amines) is 1. The Bertz CT molecular complexity index is 748. The number of piperidine rings is 1. The van der Waals surface area contributed by atoms with Crippen molar-refractivity contribution < 1.29 is 4.79 Å². The number of hydrogen-bond acceptors (Lipinski definition) is 5. The molecule has 4 rings (SSSR count). The second-order valence-corrected chi connectivity index (χ2v) is 7.57. The first kappa shape index (κ1) is 18.1. The molecular weight excluding hydrogens is 338 g/mol. The van der Waals surface area contributed by atoms with E-state index in [4.69, 9.17) is 0 Å². The summed E-state index contributed by atoms with van der Waals surface area (Å²) in [4.78, 5) is 27.9. The van der Waals surface area contributed by atoms with E-state index in [-0.39, 0.29) is 5.91 Å². The van der Waals surface area contributed by atoms with Gasteiger partial charge in [0.25, 0.3) is 5.91 Å². The maximum absolute atomic E-state index is 12.8. The normalized spacial score (nSPS) is 20.0. The van der Waals surface area contributed by atoms with Crippen molar-refractivity contribution in [3.8, 4) is 11.1 Å². The van der Waals surface area contributed by atoms with Crippen LogP contribution in [0.3, 0.4) is 0 Å². The molecule has 0 atom stereocenters. The van der Waals surface area contributed by atoms with Gasteiger partial charge in [-0.15, -0.1) is 0 Å². The van der Waals surface area contributed by atoms with Crippen LogP contribution >= 0.6 is 0 Å². The molecule has 142 valence electrons. The molecule has 0 saturated carbocycles. The monoisotopic (exact) mass is 365 g/mol. The maximum Gasteiger partial charge on any atom is 0.253 e. The molecule has 2 aromatic rings. The molecule has 0 unspecified atom stereocenters. The minimum absolute atomic E-state index is 0.133. The number of benzene rings is 1. The molecule has 1 aromatic heterocycles. The van der Waals surface area contributed by atoms with Gasteiger partial charge in [0.15, 0.2) is 0 Å². The predicted molar refractivity (Wildman–Crippen MR) is 105 cm³/mol. The Morgan fingerprint density at radius 3 is 2.15 bits per heavy atom. The van der Waals surface area contributed by atoms with Crippen molar-refractivity contribution in [1.29, 1.82) is 0 Å². The average molecular weight is 365 g/mol. The Kier molecular flexibility index (Phi) is 5.45. The molecule has 0 aliphatic carbocycles. The summed E-state index contributed by atoms with van der Waals surface area (Å²) in [7, 11) is 2.20. The summed E-state index contributed by atoms with van der Waals surface area (Å²) in [5.74, 6) is 0.133. The fourth-order valence-corrected chi connectivity index (χ4v) is 4.09. The first-order valence-corrected chi connectivity index (χ1v) is 9.78. The third kappa shape index (κ3) is 4.17. The molecule has 2 aliphatic rings. The number of amides is 1. The lowest BCUT2D eigenvalue weighted by Gasteiger charge is -2.42. The van der Waals surface area contributed by atoms with Crippen LogP contribution in [0, 0.1) is 0 Å². The van der Waals surface area contributed by atoms with Gasteiger partial charge in [0, 0.05) is 55.7 Å². The summed E-state index contributed by atoms with van der Waals surface area (Å²) in [6, 6.07) is 8.45. The van der Waals surface area contributed by atoms with E-state index in [1.165, 1.54) is 32.3 Å². The molecule has 3 heterocycles. The lowest BCUT2D eigenvalue weighted by molar-refractivity contribution is 0.0475. The van der Waals surface area contributed by atoms with E-state index < -0.39 is 0 Å². The average Bonchev–Trinajstić information content (AvgIpc) is 2.75. The van der Waals surface area contributed by atoms with Gasteiger partial charge in [-0.05, 0) is 50.7 Å². The van der Waals surface area contributed by atoms with Crippen LogP contribution in [0.4, 0.5) is 0 Å². The van der Waals surface area contributed by atoms with E-state index in [0.29, 0.717) is 6.04 Å². The highest BCUT2D eigenvalue weighted by molar-refractivity contribution is 5.94. The highest BCUT2D eigenvalue weighted by Crippen LogP contribution is 2.20. The van der Waals surface area contributed by atoms with Gasteiger partial charge in [-0.25, -0.2) is 9.97 Å². The first-order valence-electron chi connectivity index (χ1n) is 9.78. The summed E-state index contributed by atoms with van der Waals surface area (Å²) in [5, 5.41) is 0. The van der Waals surface area contributed by atoms with Crippen LogP contribution in [0.5, 0.6) is 0 Å². The number of piperazine rings is 1. The first-order chi connectivity index (χ1) is 13.2. The third-order valence-electron chi connectivity index (χ3n) is 5.83. The van der Waals surface area contributed by atoms with Gasteiger partial charge in [-0.2, -0.15) is 0 Å². The van der Waals surface area contributed by atoms with Crippen molar-refractivity contribution in [3.63, 3.8) is 0 Å². The zero-order valence-corrected chi connectivity index (χ0v) is 15.9. The van der Waals surface area contributed by atoms with Gasteiger partial charge in [-0.3, -0.25) is 9.69 Å². The molecule has 27 heavy (non-hydrogen) atoms. The van der Waals surface area contributed by atoms with E-state index in [0.717, 1.165) is 42.9 Å². The van der Waals surface area contributed by atoms with Crippen molar-refractivity contribution in [1.82, 2.24) is 24.7 Å². The van der Waals surface area contributed by atoms with Gasteiger partial charge >= 0.3 is 0 Å². The van der Waals surface area contributed by atoms with Gasteiger partial charge in [0.1, 0.15) is 6.33 Å². The smallest absolute Gasteiger partial charge is 0.253 e. The van der Waals surface area contributed by atoms with E-state index >= 15 is 0 Å². The molecule has 6 nitrogen and oxygen atoms in total. The Hall–Kier alpha value is -2.31. The fourth-order valence-electron chi connectivity index (χ4n) is 4.09. The van der Waals surface area contributed by atoms with Crippen LogP contribution in [-0.4, -0.2) is 82.9 Å². The SMILES string of the molecule is CN1CCC(N2CCN(C(=O)c3ccc(-c4cncnc4)cc3)CC2)CC1. The van der Waals surface area contributed by atoms with Crippen LogP contribution in [0.15, 0.2) is 43.0 Å². The standard InChI is InChI=1S/C21H27N5O/c1-24-8-6-20(7-9-24)25-10-12-26(13-11-25)21(27)18-4-2-17(3-5-18)19-14-22-16-23-15-19/h2-5,14-16,20H,6-13H2,1H3. The Morgan fingerprint density at radius 2 is 1.52 bits per heavy atom. The van der Waals surface area contributed by atoms with Crippen molar-refractivity contribution in [2.75, 3.05) is 46.3 Å². The molecule has 1 amide bonds. The second-order valence-electron chi connectivity index (χ2n) is 7.57. The predicted octanol–water partition coefficient (Wildman–Crippen LogP) is 2.00. The van der Waals surface area contributed by atoms with E-state index in [1.54, 1.807) is 12.4 Å². The highest BCUT2D eigenvalue weighted by Gasteiger charge is 2.28. The van der Waals surface area contributed by atoms with Crippen molar-refractivity contribution in [2.45, 2.75) is 18.9 Å². The van der Waals surface area contributed by atoms with Crippen LogP contribution in [-0.2, 0) is 0 Å². The van der Waals surface area contributed by atoms with Crippen LogP contribution < -0.4 is 0 Å². The molecule has 2 fully saturated rings. The summed E-state index contributed by atoms with van der Waals surface area (Å²) in [6.07, 6.45) is 7.58. The topological polar surface area (TPSA) is 52.6 Å². The number of carbonyl (C=O) groups excluding carboxylic acids is 1. The van der Waals surface area contributed by atoms with Crippen LogP contribution in [0.2, 0.25) is 0 Å². The number of carbonyl (C=O) groups is 1. The van der Waals surface area contributed by atoms with Crippen LogP contribution in [0.1, 0.15) is 23.2 Å². The number of aromatic nitrogens is 2. The van der Waals surface area contributed by atoms with E-state index in [9.17, 15) is 4.79 Å². The molecule has 0 N–H and O–H groups in total. The molecular formula is C21H27N5O. The molecule has 1 aromatic carbocycles. The number of rotatable bonds is 3. The molecule has 0 spiro atoms. The lowest BCUT2D eigenvalue weighted by Crippen LogP contribution is -2.54. The zero-order chi connectivity index (χ0) is 18.6. The molecule has 2 aliphatic heterocycles. The Labute approximate surface area is 160 Å². The van der Waals surface area contributed by atoms with Gasteiger partial charge in [-0.1, -0.05) is 12.1 Å². The Morgan fingerprint density at radius 1 is 0.889 bits per heavy atom. The highest BCUT2D eigenvalue weighted by atomic mass is 16.2. The minimum Gasteiger partial charge on any atom is -0.336 e. The maximum atomic E-state index is 12.8. The van der Waals surface area contributed by atoms with Gasteiger partial charge in [0.2, 0.25) is 0 Å². The molecule has 0 radical (unpaired) electrons. The van der Waals surface area contributed by atoms with Crippen molar-refractivity contribution in [2.24, 2.45) is 0 Å². The molecule has 0 bridgehead atoms. The van der Waals surface area contributed by atoms with Crippen molar-refractivity contribution >= 4 is 5.91 Å². The second kappa shape index (κ2) is 8.15. The number of nitrogens with zero attached hydrogens (tertiary/aromatic N) is 5. The quantitative estimate of drug-likeness (QED) is 0.833. The molecule has 6 heteroatoms. The summed E-state index contributed by atoms with van der Waals surface area (Å²) in [6.45, 7) is 5.98. The van der Waals surface area contributed by atoms with Crippen LogP contribution in [0.25, 0.3) is 11.1 Å². The summed E-state index contributed by atoms with van der Waals surface area (Å²) < 4.78 is 0. The fraction of sp³-hybridized carbons (Fsp3) is 0.476. The Balaban J connectivity index is 1.34. The summed E-state index contributed by atoms with van der Waals surface area (Å²) in [5.41, 5.74) is 2.74. The van der Waals surface area contributed by atoms with Gasteiger partial charge in [0.05, 0.1) is 0 Å². The zero-order valence-electron chi connectivity index (χ0n) is 15.9. The number of hydrogen-bond donors (Lipinski definition) is 0. The minimum atomic E-state index is 0.133. The lowest BCUT2D eigenvalue weighted by atomic mass is 10.0. The van der Waals surface area contributed by atoms with E-state index in [2.05, 4.69) is 26.8 Å². The molecule has 2 saturated heterocycles. The largest absolute Gasteiger partial charge is 0.336 e. The van der Waals surface area contributed by atoms with E-state index in [1.807, 2.05) is 29.2 Å². The summed E-state index contributed by atoms with van der Waals surface area (Å²) >= 11 is 0. The van der Waals surface area contributed by atoms with Gasteiger partial charge < -0.3 is 9.80 Å².